The molecule has 0 amide bonds. The quantitative estimate of drug-likeness (QED) is 0.431. The van der Waals surface area contributed by atoms with Crippen LogP contribution in [0.2, 0.25) is 0 Å². The molecule has 0 saturated heterocycles. The Morgan fingerprint density at radius 3 is 2.56 bits per heavy atom. The third-order valence-corrected chi connectivity index (χ3v) is 1.94. The topological polar surface area (TPSA) is 17.1 Å². The largest absolute Gasteiger partial charge is 0.461 e. The minimum absolute atomic E-state index is 0.316. The van der Waals surface area contributed by atoms with Gasteiger partial charge in [-0.3, -0.25) is 0 Å². The van der Waals surface area contributed by atoms with Gasteiger partial charge in [0.25, 0.3) is 0 Å². The van der Waals surface area contributed by atoms with Crippen LogP contribution >= 0.6 is 0 Å². The second-order valence-corrected chi connectivity index (χ2v) is 3.40. The van der Waals surface area contributed by atoms with Gasteiger partial charge >= 0.3 is 11.7 Å². The van der Waals surface area contributed by atoms with Gasteiger partial charge in [0.15, 0.2) is 0 Å². The Morgan fingerprint density at radius 1 is 1.44 bits per heavy atom. The van der Waals surface area contributed by atoms with E-state index in [4.69, 9.17) is 0 Å². The van der Waals surface area contributed by atoms with E-state index in [-0.39, 0.29) is 0 Å². The van der Waals surface area contributed by atoms with Gasteiger partial charge in [-0.05, 0) is 13.3 Å². The first kappa shape index (κ1) is 9.02. The molecular formula is C7H15OS+. The highest BCUT2D eigenvalue weighted by molar-refractivity contribution is 7.66. The van der Waals surface area contributed by atoms with Crippen molar-refractivity contribution in [3.63, 3.8) is 0 Å². The van der Waals surface area contributed by atoms with E-state index in [1.807, 2.05) is 6.92 Å². The van der Waals surface area contributed by atoms with E-state index >= 15 is 0 Å². The highest BCUT2D eigenvalue weighted by Gasteiger charge is 2.11. The fraction of sp³-hybridized carbons (Fsp3) is 1.00. The molecule has 0 aromatic rings. The van der Waals surface area contributed by atoms with Crippen LogP contribution in [0.25, 0.3) is 0 Å². The molecule has 0 aromatic heterocycles. The maximum absolute atomic E-state index is 10.1. The molecule has 0 saturated carbocycles. The molecule has 0 radical (unpaired) electrons. The van der Waals surface area contributed by atoms with E-state index in [1.54, 1.807) is 0 Å². The van der Waals surface area contributed by atoms with Crippen molar-refractivity contribution in [3.05, 3.63) is 0 Å². The van der Waals surface area contributed by atoms with Crippen LogP contribution < -0.4 is 0 Å². The van der Waals surface area contributed by atoms with E-state index < -0.39 is 0 Å². The zero-order valence-corrected chi connectivity index (χ0v) is 7.04. The van der Waals surface area contributed by atoms with E-state index in [2.05, 4.69) is 6.92 Å². The fourth-order valence-corrected chi connectivity index (χ4v) is 0.993. The summed E-state index contributed by atoms with van der Waals surface area (Å²) in [6.07, 6.45) is 4.82. The molecule has 1 atom stereocenters. The molecule has 2 heteroatoms. The minimum Gasteiger partial charge on any atom is -0.0654 e. The van der Waals surface area contributed by atoms with Gasteiger partial charge in [0, 0.05) is 10.6 Å². The number of hydrogen-bond donors (Lipinski definition) is 0. The van der Waals surface area contributed by atoms with Crippen LogP contribution in [0, 0.1) is 0 Å². The molecule has 0 aliphatic heterocycles. The highest BCUT2D eigenvalue weighted by Crippen LogP contribution is 2.03. The summed E-state index contributed by atoms with van der Waals surface area (Å²) in [5.74, 6) is 0. The molecule has 0 heterocycles. The zero-order chi connectivity index (χ0) is 7.11. The summed E-state index contributed by atoms with van der Waals surface area (Å²) >= 11 is 0.725. The first-order chi connectivity index (χ1) is 4.31. The molecular weight excluding hydrogens is 132 g/mol. The average Bonchev–Trinajstić information content (AvgIpc) is 1.89. The Labute approximate surface area is 61.3 Å². The van der Waals surface area contributed by atoms with Crippen molar-refractivity contribution < 1.29 is 4.21 Å². The van der Waals surface area contributed by atoms with Crippen molar-refractivity contribution in [2.75, 3.05) is 0 Å². The molecule has 0 aliphatic carbocycles. The van der Waals surface area contributed by atoms with Crippen molar-refractivity contribution >= 4 is 11.7 Å². The van der Waals surface area contributed by atoms with Crippen molar-refractivity contribution in [1.29, 1.82) is 0 Å². The molecule has 0 spiro atoms. The smallest absolute Gasteiger partial charge is 0.0654 e. The molecule has 0 fully saturated rings. The zero-order valence-electron chi connectivity index (χ0n) is 6.22. The van der Waals surface area contributed by atoms with Gasteiger partial charge in [0.05, 0.1) is 0 Å². The molecule has 0 rings (SSSR count). The van der Waals surface area contributed by atoms with Crippen LogP contribution in [-0.2, 0) is 15.9 Å². The Morgan fingerprint density at radius 2 is 2.11 bits per heavy atom. The molecule has 54 valence electrons. The predicted octanol–water partition coefficient (Wildman–Crippen LogP) is 2.38. The Bertz CT molecular complexity index is 73.3. The number of rotatable bonds is 5. The Hall–Kier alpha value is 0.0200. The Balaban J connectivity index is 2.96. The molecule has 0 bridgehead atoms. The summed E-state index contributed by atoms with van der Waals surface area (Å²) < 4.78 is 10.1. The van der Waals surface area contributed by atoms with Crippen molar-refractivity contribution in [2.24, 2.45) is 0 Å². The monoisotopic (exact) mass is 147 g/mol. The summed E-state index contributed by atoms with van der Waals surface area (Å²) in [5, 5.41) is 0.316. The van der Waals surface area contributed by atoms with E-state index in [0.29, 0.717) is 5.25 Å². The summed E-state index contributed by atoms with van der Waals surface area (Å²) in [7, 11) is 0. The summed E-state index contributed by atoms with van der Waals surface area (Å²) in [6, 6.07) is 0. The number of hydrogen-bond acceptors (Lipinski definition) is 1. The van der Waals surface area contributed by atoms with E-state index in [1.165, 1.54) is 19.3 Å². The average molecular weight is 147 g/mol. The third-order valence-electron chi connectivity index (χ3n) is 1.38. The van der Waals surface area contributed by atoms with Crippen molar-refractivity contribution in [3.8, 4) is 0 Å². The second-order valence-electron chi connectivity index (χ2n) is 2.40. The lowest BCUT2D eigenvalue weighted by molar-refractivity contribution is 0.589. The third kappa shape index (κ3) is 5.90. The van der Waals surface area contributed by atoms with Gasteiger partial charge in [0.2, 0.25) is 5.25 Å². The Kier molecular flexibility index (Phi) is 6.16. The molecule has 1 nitrogen and oxygen atoms in total. The van der Waals surface area contributed by atoms with E-state index in [0.717, 1.165) is 18.1 Å². The van der Waals surface area contributed by atoms with Crippen molar-refractivity contribution in [1.82, 2.24) is 0 Å². The molecule has 9 heavy (non-hydrogen) atoms. The van der Waals surface area contributed by atoms with Crippen LogP contribution in [-0.4, -0.2) is 5.25 Å². The molecule has 0 aliphatic rings. The van der Waals surface area contributed by atoms with Crippen LogP contribution in [0.1, 0.15) is 39.5 Å². The van der Waals surface area contributed by atoms with Crippen LogP contribution in [0.4, 0.5) is 0 Å². The summed E-state index contributed by atoms with van der Waals surface area (Å²) in [5.41, 5.74) is 0. The molecule has 0 aromatic carbocycles. The lowest BCUT2D eigenvalue weighted by Crippen LogP contribution is -1.97. The summed E-state index contributed by atoms with van der Waals surface area (Å²) in [4.78, 5) is 0. The molecule has 0 N–H and O–H groups in total. The van der Waals surface area contributed by atoms with Crippen LogP contribution in [0.5, 0.6) is 0 Å². The fourth-order valence-electron chi connectivity index (χ4n) is 0.730. The van der Waals surface area contributed by atoms with Gasteiger partial charge in [-0.1, -0.05) is 19.8 Å². The predicted molar refractivity (Wildman–Crippen MR) is 41.7 cm³/mol. The maximum atomic E-state index is 10.1. The van der Waals surface area contributed by atoms with Gasteiger partial charge in [-0.25, -0.2) is 0 Å². The highest BCUT2D eigenvalue weighted by atomic mass is 32.1. The van der Waals surface area contributed by atoms with E-state index in [9.17, 15) is 4.21 Å². The molecule has 1 unspecified atom stereocenters. The standard InChI is InChI=1S/C7H15OS/c1-3-4-5-6-7(2)9-8/h7H,3-6H2,1-2H3/q+1. The maximum Gasteiger partial charge on any atom is 0.461 e. The normalized spacial score (nSPS) is 13.1. The van der Waals surface area contributed by atoms with Crippen molar-refractivity contribution in [2.45, 2.75) is 44.8 Å². The minimum atomic E-state index is 0.316. The van der Waals surface area contributed by atoms with Gasteiger partial charge in [0.1, 0.15) is 0 Å². The first-order valence-electron chi connectivity index (χ1n) is 3.60. The van der Waals surface area contributed by atoms with Gasteiger partial charge < -0.3 is 0 Å². The number of unbranched alkanes of at least 4 members (excludes halogenated alkanes) is 2. The second kappa shape index (κ2) is 6.14. The lowest BCUT2D eigenvalue weighted by Gasteiger charge is -1.91. The van der Waals surface area contributed by atoms with Crippen LogP contribution in [0.3, 0.4) is 0 Å². The van der Waals surface area contributed by atoms with Gasteiger partial charge in [-0.15, -0.1) is 0 Å². The van der Waals surface area contributed by atoms with Gasteiger partial charge in [-0.2, -0.15) is 0 Å². The SMILES string of the molecule is CCCCCC(C)[S+]=O. The summed E-state index contributed by atoms with van der Waals surface area (Å²) in [6.45, 7) is 4.17. The van der Waals surface area contributed by atoms with Crippen LogP contribution in [0.15, 0.2) is 0 Å². The first-order valence-corrected chi connectivity index (χ1v) is 4.40. The lowest BCUT2D eigenvalue weighted by atomic mass is 10.2.